The van der Waals surface area contributed by atoms with Crippen molar-refractivity contribution in [1.29, 1.82) is 0 Å². The van der Waals surface area contributed by atoms with Crippen molar-refractivity contribution in [2.24, 2.45) is 5.92 Å². The van der Waals surface area contributed by atoms with Crippen molar-refractivity contribution in [3.63, 3.8) is 0 Å². The number of carbonyl (C=O) groups excluding carboxylic acids is 3. The summed E-state index contributed by atoms with van der Waals surface area (Å²) in [4.78, 5) is 41.7. The molecule has 2 saturated heterocycles. The number of methoxy groups -OCH3 is 2. The molecule has 0 bridgehead atoms. The zero-order valence-electron chi connectivity index (χ0n) is 20.7. The van der Waals surface area contributed by atoms with Crippen LogP contribution in [0.1, 0.15) is 13.3 Å². The van der Waals surface area contributed by atoms with Gasteiger partial charge in [0.25, 0.3) is 5.91 Å². The van der Waals surface area contributed by atoms with Crippen molar-refractivity contribution in [3.05, 3.63) is 42.5 Å². The van der Waals surface area contributed by atoms with Crippen LogP contribution >= 0.6 is 0 Å². The van der Waals surface area contributed by atoms with E-state index in [9.17, 15) is 14.4 Å². The number of amides is 2. The largest absolute Gasteiger partial charge is 0.497 e. The molecule has 0 aromatic heterocycles. The maximum absolute atomic E-state index is 12.8. The van der Waals surface area contributed by atoms with Crippen LogP contribution in [0.25, 0.3) is 0 Å². The Labute approximate surface area is 210 Å². The Balaban J connectivity index is 1.32. The minimum absolute atomic E-state index is 0.00857. The van der Waals surface area contributed by atoms with Gasteiger partial charge in [0.1, 0.15) is 11.5 Å². The van der Waals surface area contributed by atoms with Crippen LogP contribution in [-0.4, -0.2) is 71.0 Å². The third-order valence-corrected chi connectivity index (χ3v) is 6.31. The van der Waals surface area contributed by atoms with Gasteiger partial charge in [0, 0.05) is 43.5 Å². The van der Waals surface area contributed by atoms with E-state index in [1.807, 2.05) is 24.3 Å². The van der Waals surface area contributed by atoms with Crippen LogP contribution in [0.4, 0.5) is 17.1 Å². The fourth-order valence-corrected chi connectivity index (χ4v) is 4.25. The highest BCUT2D eigenvalue weighted by Gasteiger charge is 2.38. The number of hydrogen-bond acceptors (Lipinski definition) is 8. The molecular weight excluding hydrogens is 466 g/mol. The standard InChI is InChI=1S/C26H31N3O7/c1-17(25(31)27-19-4-6-20(7-5-19)28-10-12-35-13-11-28)36-26(32)18-14-24(30)29(16-18)22-9-8-21(33-2)15-23(22)34-3/h4-9,15,17-18H,10-14,16H2,1-3H3,(H,27,31)/t17-,18+/m1/s1. The van der Waals surface area contributed by atoms with Crippen LogP contribution in [0.3, 0.4) is 0 Å². The van der Waals surface area contributed by atoms with Crippen LogP contribution in [0.5, 0.6) is 11.5 Å². The van der Waals surface area contributed by atoms with E-state index in [0.29, 0.717) is 36.1 Å². The molecule has 0 unspecified atom stereocenters. The highest BCUT2D eigenvalue weighted by atomic mass is 16.5. The topological polar surface area (TPSA) is 107 Å². The molecule has 10 heteroatoms. The summed E-state index contributed by atoms with van der Waals surface area (Å²) in [6.07, 6.45) is -1.03. The maximum Gasteiger partial charge on any atom is 0.312 e. The van der Waals surface area contributed by atoms with Crippen LogP contribution in [0, 0.1) is 5.92 Å². The zero-order chi connectivity index (χ0) is 25.7. The fraction of sp³-hybridized carbons (Fsp3) is 0.423. The number of nitrogens with one attached hydrogen (secondary N) is 1. The van der Waals surface area contributed by atoms with Gasteiger partial charge < -0.3 is 34.1 Å². The molecule has 0 radical (unpaired) electrons. The summed E-state index contributed by atoms with van der Waals surface area (Å²) in [7, 11) is 3.04. The summed E-state index contributed by atoms with van der Waals surface area (Å²) < 4.78 is 21.4. The molecule has 2 heterocycles. The van der Waals surface area contributed by atoms with E-state index in [-0.39, 0.29) is 18.9 Å². The first kappa shape index (κ1) is 25.3. The molecule has 0 spiro atoms. The predicted octanol–water partition coefficient (Wildman–Crippen LogP) is 2.46. The smallest absolute Gasteiger partial charge is 0.312 e. The van der Waals surface area contributed by atoms with Gasteiger partial charge in [-0.1, -0.05) is 0 Å². The molecule has 2 amide bonds. The molecule has 192 valence electrons. The van der Waals surface area contributed by atoms with E-state index in [1.165, 1.54) is 18.9 Å². The van der Waals surface area contributed by atoms with Crippen molar-refractivity contribution in [2.75, 3.05) is 62.2 Å². The van der Waals surface area contributed by atoms with E-state index in [0.717, 1.165) is 18.8 Å². The van der Waals surface area contributed by atoms with Gasteiger partial charge in [0.2, 0.25) is 5.91 Å². The van der Waals surface area contributed by atoms with E-state index in [4.69, 9.17) is 18.9 Å². The van der Waals surface area contributed by atoms with Gasteiger partial charge >= 0.3 is 5.97 Å². The zero-order valence-corrected chi connectivity index (χ0v) is 20.7. The number of rotatable bonds is 8. The summed E-state index contributed by atoms with van der Waals surface area (Å²) in [6, 6.07) is 12.6. The van der Waals surface area contributed by atoms with Crippen LogP contribution < -0.4 is 24.6 Å². The van der Waals surface area contributed by atoms with Gasteiger partial charge in [0.05, 0.1) is 39.0 Å². The van der Waals surface area contributed by atoms with Gasteiger partial charge in [-0.3, -0.25) is 14.4 Å². The van der Waals surface area contributed by atoms with Gasteiger partial charge in [-0.15, -0.1) is 0 Å². The number of nitrogens with zero attached hydrogens (tertiary/aromatic N) is 2. The summed E-state index contributed by atoms with van der Waals surface area (Å²) in [5, 5.41) is 2.77. The Hall–Kier alpha value is -3.79. The number of hydrogen-bond donors (Lipinski definition) is 1. The lowest BCUT2D eigenvalue weighted by Gasteiger charge is -2.29. The van der Waals surface area contributed by atoms with Crippen molar-refractivity contribution in [1.82, 2.24) is 0 Å². The minimum Gasteiger partial charge on any atom is -0.497 e. The molecule has 2 fully saturated rings. The van der Waals surface area contributed by atoms with E-state index >= 15 is 0 Å². The summed E-state index contributed by atoms with van der Waals surface area (Å²) in [5.41, 5.74) is 2.21. The number of morpholine rings is 1. The molecular formula is C26H31N3O7. The van der Waals surface area contributed by atoms with Gasteiger partial charge in [-0.05, 0) is 43.3 Å². The summed E-state index contributed by atoms with van der Waals surface area (Å²) >= 11 is 0. The van der Waals surface area contributed by atoms with Crippen molar-refractivity contribution < 1.29 is 33.3 Å². The Bertz CT molecular complexity index is 1100. The lowest BCUT2D eigenvalue weighted by molar-refractivity contribution is -0.157. The molecule has 2 aliphatic rings. The van der Waals surface area contributed by atoms with Crippen molar-refractivity contribution >= 4 is 34.8 Å². The molecule has 2 atom stereocenters. The van der Waals surface area contributed by atoms with Crippen LogP contribution in [0.15, 0.2) is 42.5 Å². The van der Waals surface area contributed by atoms with Crippen molar-refractivity contribution in [3.8, 4) is 11.5 Å². The monoisotopic (exact) mass is 497 g/mol. The molecule has 10 nitrogen and oxygen atoms in total. The molecule has 0 saturated carbocycles. The molecule has 2 aromatic carbocycles. The SMILES string of the molecule is COc1ccc(N2C[C@@H](C(=O)O[C@H](C)C(=O)Nc3ccc(N4CCOCC4)cc3)CC2=O)c(OC)c1. The molecule has 36 heavy (non-hydrogen) atoms. The average molecular weight is 498 g/mol. The number of carbonyl (C=O) groups is 3. The normalized spacial score (nSPS) is 18.5. The summed E-state index contributed by atoms with van der Waals surface area (Å²) in [5.74, 6) is -0.896. The second kappa shape index (κ2) is 11.3. The molecule has 0 aliphatic carbocycles. The summed E-state index contributed by atoms with van der Waals surface area (Å²) in [6.45, 7) is 4.68. The molecule has 4 rings (SSSR count). The molecule has 2 aliphatic heterocycles. The fourth-order valence-electron chi connectivity index (χ4n) is 4.25. The minimum atomic E-state index is -1.02. The lowest BCUT2D eigenvalue weighted by atomic mass is 10.1. The first-order chi connectivity index (χ1) is 17.4. The second-order valence-electron chi connectivity index (χ2n) is 8.66. The average Bonchev–Trinajstić information content (AvgIpc) is 3.30. The van der Waals surface area contributed by atoms with Crippen LogP contribution in [-0.2, 0) is 23.9 Å². The Morgan fingerprint density at radius 3 is 2.44 bits per heavy atom. The Morgan fingerprint density at radius 1 is 1.06 bits per heavy atom. The van der Waals surface area contributed by atoms with Crippen LogP contribution in [0.2, 0.25) is 0 Å². The quantitative estimate of drug-likeness (QED) is 0.555. The highest BCUT2D eigenvalue weighted by Crippen LogP contribution is 2.36. The maximum atomic E-state index is 12.8. The molecule has 1 N–H and O–H groups in total. The van der Waals surface area contributed by atoms with E-state index in [1.54, 1.807) is 25.3 Å². The van der Waals surface area contributed by atoms with Gasteiger partial charge in [-0.2, -0.15) is 0 Å². The molecule has 2 aromatic rings. The first-order valence-corrected chi connectivity index (χ1v) is 11.9. The third-order valence-electron chi connectivity index (χ3n) is 6.31. The highest BCUT2D eigenvalue weighted by molar-refractivity contribution is 6.01. The number of esters is 1. The van der Waals surface area contributed by atoms with Gasteiger partial charge in [-0.25, -0.2) is 0 Å². The number of anilines is 3. The Kier molecular flexibility index (Phi) is 7.94. The predicted molar refractivity (Wildman–Crippen MR) is 134 cm³/mol. The van der Waals surface area contributed by atoms with Crippen molar-refractivity contribution in [2.45, 2.75) is 19.4 Å². The Morgan fingerprint density at radius 2 is 1.78 bits per heavy atom. The lowest BCUT2D eigenvalue weighted by Crippen LogP contribution is -2.36. The van der Waals surface area contributed by atoms with E-state index in [2.05, 4.69) is 10.2 Å². The van der Waals surface area contributed by atoms with Gasteiger partial charge in [0.15, 0.2) is 6.10 Å². The number of benzene rings is 2. The number of ether oxygens (including phenoxy) is 4. The van der Waals surface area contributed by atoms with E-state index < -0.39 is 23.9 Å². The first-order valence-electron chi connectivity index (χ1n) is 11.9. The second-order valence-corrected chi connectivity index (χ2v) is 8.66. The third kappa shape index (κ3) is 5.71.